The molecule has 138 valence electrons. The molecule has 2 N–H and O–H groups in total. The third kappa shape index (κ3) is 3.35. The van der Waals surface area contributed by atoms with Crippen LogP contribution in [-0.2, 0) is 11.2 Å². The van der Waals surface area contributed by atoms with E-state index < -0.39 is 0 Å². The summed E-state index contributed by atoms with van der Waals surface area (Å²) in [4.78, 5) is 17.2. The Balaban J connectivity index is 1.34. The molecule has 2 atom stereocenters. The predicted octanol–water partition coefficient (Wildman–Crippen LogP) is 2.83. The molecule has 2 aliphatic rings. The normalized spacial score (nSPS) is 25.0. The van der Waals surface area contributed by atoms with E-state index in [9.17, 15) is 4.79 Å². The van der Waals surface area contributed by atoms with Gasteiger partial charge in [-0.2, -0.15) is 4.98 Å². The van der Waals surface area contributed by atoms with E-state index in [1.165, 1.54) is 6.42 Å². The first-order chi connectivity index (χ1) is 12.7. The summed E-state index contributed by atoms with van der Waals surface area (Å²) in [5.41, 5.74) is 0.594. The van der Waals surface area contributed by atoms with Gasteiger partial charge in [0.15, 0.2) is 0 Å². The number of carbonyl (C=O) groups excluding carboxylic acids is 1. The average molecular weight is 375 g/mol. The van der Waals surface area contributed by atoms with Crippen molar-refractivity contribution in [3.05, 3.63) is 35.2 Å². The zero-order valence-electron chi connectivity index (χ0n) is 14.6. The summed E-state index contributed by atoms with van der Waals surface area (Å²) in [5.74, 6) is 1.66. The Morgan fingerprint density at radius 3 is 3.23 bits per heavy atom. The third-order valence-corrected chi connectivity index (χ3v) is 5.90. The van der Waals surface area contributed by atoms with Gasteiger partial charge in [0.2, 0.25) is 17.6 Å². The summed E-state index contributed by atoms with van der Waals surface area (Å²) in [5, 5.41) is 11.1. The summed E-state index contributed by atoms with van der Waals surface area (Å²) < 4.78 is 5.30. The monoisotopic (exact) mass is 374 g/mol. The van der Waals surface area contributed by atoms with Gasteiger partial charge in [-0.05, 0) is 37.4 Å². The molecule has 2 aromatic rings. The van der Waals surface area contributed by atoms with E-state index in [2.05, 4.69) is 20.8 Å². The van der Waals surface area contributed by atoms with Crippen LogP contribution in [0.25, 0.3) is 11.4 Å². The second-order valence-electron chi connectivity index (χ2n) is 7.26. The SMILES string of the molecule is O=C(NCCc1nc(-c2cccc(Cl)c2)no1)[C@@]12CCCC[C@H]1CNC2. The van der Waals surface area contributed by atoms with Crippen molar-refractivity contribution in [2.45, 2.75) is 32.1 Å². The molecule has 1 saturated heterocycles. The van der Waals surface area contributed by atoms with Crippen molar-refractivity contribution in [3.63, 3.8) is 0 Å². The minimum absolute atomic E-state index is 0.168. The standard InChI is InChI=1S/C19H23ClN4O2/c20-15-6-3-4-13(10-15)17-23-16(26-24-17)7-9-22-18(25)19-8-2-1-5-14(19)11-21-12-19/h3-4,6,10,14,21H,1-2,5,7-9,11-12H2,(H,22,25)/t14-,19+/m0/s1. The number of aromatic nitrogens is 2. The smallest absolute Gasteiger partial charge is 0.228 e. The van der Waals surface area contributed by atoms with Crippen molar-refractivity contribution in [2.24, 2.45) is 11.3 Å². The minimum atomic E-state index is -0.223. The van der Waals surface area contributed by atoms with Crippen molar-refractivity contribution in [3.8, 4) is 11.4 Å². The van der Waals surface area contributed by atoms with Gasteiger partial charge in [-0.25, -0.2) is 0 Å². The number of rotatable bonds is 5. The fourth-order valence-corrected chi connectivity index (χ4v) is 4.44. The van der Waals surface area contributed by atoms with Crippen LogP contribution in [0.15, 0.2) is 28.8 Å². The Labute approximate surface area is 157 Å². The maximum absolute atomic E-state index is 12.8. The first-order valence-corrected chi connectivity index (χ1v) is 9.63. The maximum atomic E-state index is 12.8. The quantitative estimate of drug-likeness (QED) is 0.841. The number of nitrogens with one attached hydrogen (secondary N) is 2. The summed E-state index contributed by atoms with van der Waals surface area (Å²) in [6.07, 6.45) is 5.02. The number of halogens is 1. The van der Waals surface area contributed by atoms with E-state index >= 15 is 0 Å². The van der Waals surface area contributed by atoms with Crippen molar-refractivity contribution < 1.29 is 9.32 Å². The molecule has 0 unspecified atom stereocenters. The number of fused-ring (bicyclic) bond motifs is 1. The first kappa shape index (κ1) is 17.5. The molecule has 6 nitrogen and oxygen atoms in total. The highest BCUT2D eigenvalue weighted by atomic mass is 35.5. The molecule has 0 radical (unpaired) electrons. The van der Waals surface area contributed by atoms with Crippen LogP contribution >= 0.6 is 11.6 Å². The van der Waals surface area contributed by atoms with Gasteiger partial charge in [0.05, 0.1) is 5.41 Å². The maximum Gasteiger partial charge on any atom is 0.228 e. The number of hydrogen-bond acceptors (Lipinski definition) is 5. The Bertz CT molecular complexity index is 793. The van der Waals surface area contributed by atoms with E-state index in [-0.39, 0.29) is 11.3 Å². The molecule has 0 spiro atoms. The molecular weight excluding hydrogens is 352 g/mol. The Kier molecular flexibility index (Phi) is 4.96. The highest BCUT2D eigenvalue weighted by Gasteiger charge is 2.49. The fraction of sp³-hybridized carbons (Fsp3) is 0.526. The van der Waals surface area contributed by atoms with E-state index in [4.69, 9.17) is 16.1 Å². The molecule has 4 rings (SSSR count). The number of carbonyl (C=O) groups is 1. The molecule has 0 bridgehead atoms. The zero-order valence-corrected chi connectivity index (χ0v) is 15.4. The molecule has 1 amide bonds. The largest absolute Gasteiger partial charge is 0.355 e. The van der Waals surface area contributed by atoms with Crippen molar-refractivity contribution >= 4 is 17.5 Å². The van der Waals surface area contributed by atoms with Crippen molar-refractivity contribution in [2.75, 3.05) is 19.6 Å². The van der Waals surface area contributed by atoms with Gasteiger partial charge in [0, 0.05) is 30.1 Å². The predicted molar refractivity (Wildman–Crippen MR) is 98.7 cm³/mol. The third-order valence-electron chi connectivity index (χ3n) is 5.67. The van der Waals surface area contributed by atoms with E-state index in [0.29, 0.717) is 35.6 Å². The van der Waals surface area contributed by atoms with Gasteiger partial charge in [0.1, 0.15) is 0 Å². The summed E-state index contributed by atoms with van der Waals surface area (Å²) >= 11 is 6.00. The second kappa shape index (κ2) is 7.37. The summed E-state index contributed by atoms with van der Waals surface area (Å²) in [6, 6.07) is 7.34. The fourth-order valence-electron chi connectivity index (χ4n) is 4.25. The van der Waals surface area contributed by atoms with Gasteiger partial charge in [-0.15, -0.1) is 0 Å². The minimum Gasteiger partial charge on any atom is -0.355 e. The van der Waals surface area contributed by atoms with Crippen LogP contribution in [0.2, 0.25) is 5.02 Å². The Morgan fingerprint density at radius 2 is 2.35 bits per heavy atom. The van der Waals surface area contributed by atoms with E-state index in [1.54, 1.807) is 12.1 Å². The van der Waals surface area contributed by atoms with Gasteiger partial charge in [-0.1, -0.05) is 41.7 Å². The van der Waals surface area contributed by atoms with Gasteiger partial charge < -0.3 is 15.2 Å². The average Bonchev–Trinajstić information content (AvgIpc) is 3.29. The van der Waals surface area contributed by atoms with Crippen LogP contribution in [0.5, 0.6) is 0 Å². The summed E-state index contributed by atoms with van der Waals surface area (Å²) in [7, 11) is 0. The van der Waals surface area contributed by atoms with Crippen LogP contribution in [0.1, 0.15) is 31.6 Å². The first-order valence-electron chi connectivity index (χ1n) is 9.25. The summed E-state index contributed by atoms with van der Waals surface area (Å²) in [6.45, 7) is 2.26. The molecule has 1 saturated carbocycles. The number of amides is 1. The molecule has 1 aliphatic carbocycles. The molecular formula is C19H23ClN4O2. The lowest BCUT2D eigenvalue weighted by Gasteiger charge is -2.37. The highest BCUT2D eigenvalue weighted by Crippen LogP contribution is 2.43. The molecule has 26 heavy (non-hydrogen) atoms. The molecule has 2 fully saturated rings. The van der Waals surface area contributed by atoms with Gasteiger partial charge in [0.25, 0.3) is 0 Å². The van der Waals surface area contributed by atoms with Crippen LogP contribution in [0, 0.1) is 11.3 Å². The second-order valence-corrected chi connectivity index (χ2v) is 7.69. The number of hydrogen-bond donors (Lipinski definition) is 2. The Hall–Kier alpha value is -1.92. The van der Waals surface area contributed by atoms with Crippen LogP contribution in [0.4, 0.5) is 0 Å². The van der Waals surface area contributed by atoms with Crippen LogP contribution in [-0.4, -0.2) is 35.7 Å². The van der Waals surface area contributed by atoms with Crippen molar-refractivity contribution in [1.29, 1.82) is 0 Å². The lowest BCUT2D eigenvalue weighted by Crippen LogP contribution is -2.48. The lowest BCUT2D eigenvalue weighted by molar-refractivity contribution is -0.133. The lowest BCUT2D eigenvalue weighted by atomic mass is 9.67. The number of benzene rings is 1. The molecule has 1 aromatic heterocycles. The molecule has 1 aromatic carbocycles. The van der Waals surface area contributed by atoms with Gasteiger partial charge in [-0.3, -0.25) is 4.79 Å². The van der Waals surface area contributed by atoms with Gasteiger partial charge >= 0.3 is 0 Å². The topological polar surface area (TPSA) is 80.1 Å². The van der Waals surface area contributed by atoms with E-state index in [0.717, 1.165) is 37.9 Å². The Morgan fingerprint density at radius 1 is 1.42 bits per heavy atom. The van der Waals surface area contributed by atoms with Crippen molar-refractivity contribution in [1.82, 2.24) is 20.8 Å². The highest BCUT2D eigenvalue weighted by molar-refractivity contribution is 6.30. The van der Waals surface area contributed by atoms with Crippen LogP contribution in [0.3, 0.4) is 0 Å². The van der Waals surface area contributed by atoms with E-state index in [1.807, 2.05) is 12.1 Å². The molecule has 1 aliphatic heterocycles. The molecule has 2 heterocycles. The van der Waals surface area contributed by atoms with Crippen LogP contribution < -0.4 is 10.6 Å². The molecule has 7 heteroatoms. The zero-order chi connectivity index (χ0) is 18.0. The number of nitrogens with zero attached hydrogens (tertiary/aromatic N) is 2.